The van der Waals surface area contributed by atoms with Crippen LogP contribution in [0.4, 0.5) is 4.79 Å². The van der Waals surface area contributed by atoms with Gasteiger partial charge in [0.05, 0.1) is 0 Å². The van der Waals surface area contributed by atoms with Gasteiger partial charge in [0.15, 0.2) is 5.54 Å². The van der Waals surface area contributed by atoms with Gasteiger partial charge >= 0.3 is 6.03 Å². The third-order valence-corrected chi connectivity index (χ3v) is 5.48. The monoisotopic (exact) mass is 352 g/mol. The van der Waals surface area contributed by atoms with Crippen LogP contribution in [0.15, 0.2) is 34.7 Å². The highest BCUT2D eigenvalue weighted by Gasteiger charge is 2.57. The minimum atomic E-state index is -1.22. The second kappa shape index (κ2) is 4.65. The molecule has 2 aliphatic rings. The number of amides is 3. The molecule has 23 heavy (non-hydrogen) atoms. The predicted molar refractivity (Wildman–Crippen MR) is 86.4 cm³/mol. The summed E-state index contributed by atoms with van der Waals surface area (Å²) in [6.07, 6.45) is 0.578. The number of nitrogens with one attached hydrogen (secondary N) is 1. The van der Waals surface area contributed by atoms with E-state index in [1.54, 1.807) is 13.0 Å². The van der Waals surface area contributed by atoms with E-state index in [4.69, 9.17) is 27.6 Å². The van der Waals surface area contributed by atoms with Crippen molar-refractivity contribution in [2.45, 2.75) is 23.2 Å². The van der Waals surface area contributed by atoms with E-state index in [-0.39, 0.29) is 18.4 Å². The highest BCUT2D eigenvalue weighted by atomic mass is 35.5. The van der Waals surface area contributed by atoms with Gasteiger partial charge in [-0.2, -0.15) is 0 Å². The number of fused-ring (bicyclic) bond motifs is 1. The average Bonchev–Trinajstić information content (AvgIpc) is 2.85. The summed E-state index contributed by atoms with van der Waals surface area (Å²) in [5.74, 6) is -0.0190. The second-order valence-electron chi connectivity index (χ2n) is 6.28. The molecule has 2 atom stereocenters. The Morgan fingerprint density at radius 1 is 1.35 bits per heavy atom. The summed E-state index contributed by atoms with van der Waals surface area (Å²) < 4.78 is 4.93. The van der Waals surface area contributed by atoms with Crippen LogP contribution in [0.2, 0.25) is 0 Å². The third-order valence-electron chi connectivity index (χ3n) is 4.55. The molecule has 4 rings (SSSR count). The fourth-order valence-corrected chi connectivity index (χ4v) is 3.46. The van der Waals surface area contributed by atoms with E-state index in [1.807, 2.05) is 24.3 Å². The summed E-state index contributed by atoms with van der Waals surface area (Å²) in [6.45, 7) is 1.86. The van der Waals surface area contributed by atoms with E-state index >= 15 is 0 Å². The minimum Gasteiger partial charge on any atom is -0.458 e. The van der Waals surface area contributed by atoms with Gasteiger partial charge < -0.3 is 9.73 Å². The van der Waals surface area contributed by atoms with E-state index in [2.05, 4.69) is 5.32 Å². The molecule has 1 N–H and O–H groups in total. The number of imide groups is 1. The van der Waals surface area contributed by atoms with E-state index in [0.29, 0.717) is 17.8 Å². The molecule has 0 radical (unpaired) electrons. The number of benzene rings is 1. The quantitative estimate of drug-likeness (QED) is 0.680. The van der Waals surface area contributed by atoms with Crippen LogP contribution in [0.3, 0.4) is 0 Å². The van der Waals surface area contributed by atoms with Crippen LogP contribution in [0.25, 0.3) is 11.0 Å². The predicted octanol–water partition coefficient (Wildman–Crippen LogP) is 3.39. The molecule has 0 spiro atoms. The Morgan fingerprint density at radius 3 is 2.70 bits per heavy atom. The molecule has 0 bridgehead atoms. The summed E-state index contributed by atoms with van der Waals surface area (Å²) in [7, 11) is 0. The lowest BCUT2D eigenvalue weighted by Gasteiger charge is -2.19. The molecule has 2 unspecified atom stereocenters. The molecular formula is C16H14Cl2N2O3. The van der Waals surface area contributed by atoms with Crippen LogP contribution in [0.1, 0.15) is 19.1 Å². The van der Waals surface area contributed by atoms with Crippen molar-refractivity contribution in [3.8, 4) is 0 Å². The van der Waals surface area contributed by atoms with Crippen molar-refractivity contribution in [2.24, 2.45) is 5.92 Å². The van der Waals surface area contributed by atoms with Crippen molar-refractivity contribution in [3.05, 3.63) is 36.1 Å². The number of para-hydroxylation sites is 1. The lowest BCUT2D eigenvalue weighted by molar-refractivity contribution is -0.131. The van der Waals surface area contributed by atoms with Gasteiger partial charge in [-0.15, -0.1) is 23.2 Å². The van der Waals surface area contributed by atoms with Gasteiger partial charge in [0, 0.05) is 17.8 Å². The largest absolute Gasteiger partial charge is 0.458 e. The summed E-state index contributed by atoms with van der Waals surface area (Å²) in [6, 6.07) is 8.78. The topological polar surface area (TPSA) is 62.6 Å². The summed E-state index contributed by atoms with van der Waals surface area (Å²) in [5.41, 5.74) is -0.543. The SMILES string of the molecule is CC1(c2cc3ccccc3o2)NC(=O)N(CC2CC2(Cl)Cl)C1=O. The van der Waals surface area contributed by atoms with Gasteiger partial charge in [-0.1, -0.05) is 18.2 Å². The van der Waals surface area contributed by atoms with Gasteiger partial charge in [0.1, 0.15) is 15.7 Å². The van der Waals surface area contributed by atoms with Crippen LogP contribution in [-0.4, -0.2) is 27.7 Å². The molecule has 7 heteroatoms. The Labute approximate surface area is 142 Å². The van der Waals surface area contributed by atoms with Crippen molar-refractivity contribution in [3.63, 3.8) is 0 Å². The Balaban J connectivity index is 1.65. The maximum absolute atomic E-state index is 12.8. The Kier molecular flexibility index (Phi) is 3.00. The van der Waals surface area contributed by atoms with Crippen molar-refractivity contribution in [2.75, 3.05) is 6.54 Å². The first-order valence-electron chi connectivity index (χ1n) is 7.32. The van der Waals surface area contributed by atoms with Crippen LogP contribution in [0, 0.1) is 5.92 Å². The fraction of sp³-hybridized carbons (Fsp3) is 0.375. The van der Waals surface area contributed by atoms with E-state index in [1.165, 1.54) is 4.90 Å². The molecule has 1 aliphatic heterocycles. The zero-order valence-electron chi connectivity index (χ0n) is 12.3. The second-order valence-corrected chi connectivity index (χ2v) is 7.82. The standard InChI is InChI=1S/C16H14Cl2N2O3/c1-15(12-6-9-4-2-3-5-11(9)23-12)13(21)20(14(22)19-15)8-10-7-16(10,17)18/h2-6,10H,7-8H2,1H3,(H,19,22). The van der Waals surface area contributed by atoms with Crippen LogP contribution in [-0.2, 0) is 10.3 Å². The Bertz CT molecular complexity index is 799. The number of carbonyl (C=O) groups is 2. The maximum atomic E-state index is 12.8. The number of halogens is 2. The Morgan fingerprint density at radius 2 is 2.04 bits per heavy atom. The molecule has 1 aromatic heterocycles. The molecular weight excluding hydrogens is 339 g/mol. The van der Waals surface area contributed by atoms with Crippen molar-refractivity contribution in [1.82, 2.24) is 10.2 Å². The first-order valence-corrected chi connectivity index (χ1v) is 8.08. The molecule has 2 aromatic rings. The first kappa shape index (κ1) is 14.8. The highest BCUT2D eigenvalue weighted by molar-refractivity contribution is 6.50. The van der Waals surface area contributed by atoms with Gasteiger partial charge in [0.25, 0.3) is 5.91 Å². The van der Waals surface area contributed by atoms with Gasteiger partial charge in [0.2, 0.25) is 0 Å². The van der Waals surface area contributed by atoms with Crippen LogP contribution in [0.5, 0.6) is 0 Å². The van der Waals surface area contributed by atoms with Gasteiger partial charge in [-0.25, -0.2) is 4.79 Å². The molecule has 1 aromatic carbocycles. The van der Waals surface area contributed by atoms with Crippen molar-refractivity contribution in [1.29, 1.82) is 0 Å². The molecule has 1 saturated carbocycles. The number of urea groups is 1. The number of hydrogen-bond donors (Lipinski definition) is 1. The first-order chi connectivity index (χ1) is 10.8. The number of carbonyl (C=O) groups excluding carboxylic acids is 2. The Hall–Kier alpha value is -1.72. The lowest BCUT2D eigenvalue weighted by Crippen LogP contribution is -2.40. The number of rotatable bonds is 3. The van der Waals surface area contributed by atoms with E-state index in [9.17, 15) is 9.59 Å². The van der Waals surface area contributed by atoms with Crippen molar-refractivity contribution < 1.29 is 14.0 Å². The molecule has 120 valence electrons. The van der Waals surface area contributed by atoms with Crippen LogP contribution >= 0.6 is 23.2 Å². The maximum Gasteiger partial charge on any atom is 0.325 e. The minimum absolute atomic E-state index is 0.0847. The zero-order valence-corrected chi connectivity index (χ0v) is 13.8. The number of furan rings is 1. The highest BCUT2D eigenvalue weighted by Crippen LogP contribution is 2.53. The summed E-state index contributed by atoms with van der Waals surface area (Å²) in [4.78, 5) is 26.2. The normalized spacial score (nSPS) is 29.2. The van der Waals surface area contributed by atoms with Crippen LogP contribution < -0.4 is 5.32 Å². The number of hydrogen-bond acceptors (Lipinski definition) is 3. The third kappa shape index (κ3) is 2.22. The van der Waals surface area contributed by atoms with E-state index < -0.39 is 15.9 Å². The van der Waals surface area contributed by atoms with Gasteiger partial charge in [-0.3, -0.25) is 9.69 Å². The van der Waals surface area contributed by atoms with E-state index in [0.717, 1.165) is 5.39 Å². The summed E-state index contributed by atoms with van der Waals surface area (Å²) in [5, 5.41) is 3.61. The average molecular weight is 353 g/mol. The molecule has 2 heterocycles. The lowest BCUT2D eigenvalue weighted by atomic mass is 9.99. The smallest absolute Gasteiger partial charge is 0.325 e. The molecule has 2 fully saturated rings. The zero-order chi connectivity index (χ0) is 16.4. The molecule has 5 nitrogen and oxygen atoms in total. The van der Waals surface area contributed by atoms with Crippen molar-refractivity contribution >= 4 is 46.1 Å². The molecule has 3 amide bonds. The fourth-order valence-electron chi connectivity index (χ4n) is 2.95. The number of nitrogens with zero attached hydrogens (tertiary/aromatic N) is 1. The molecule has 1 aliphatic carbocycles. The molecule has 1 saturated heterocycles. The summed E-state index contributed by atoms with van der Waals surface area (Å²) >= 11 is 12.0. The number of alkyl halides is 2. The van der Waals surface area contributed by atoms with Gasteiger partial charge in [-0.05, 0) is 25.5 Å².